The van der Waals surface area contributed by atoms with Gasteiger partial charge in [0.15, 0.2) is 0 Å². The summed E-state index contributed by atoms with van der Waals surface area (Å²) in [5, 5.41) is 9.08. The van der Waals surface area contributed by atoms with E-state index in [1.54, 1.807) is 0 Å². The molecular formula is C10H11F3O2. The third-order valence-corrected chi connectivity index (χ3v) is 1.69. The van der Waals surface area contributed by atoms with Gasteiger partial charge in [-0.15, -0.1) is 0 Å². The van der Waals surface area contributed by atoms with Crippen LogP contribution < -0.4 is 4.74 Å². The van der Waals surface area contributed by atoms with Gasteiger partial charge in [0, 0.05) is 6.07 Å². The number of halogens is 3. The Morgan fingerprint density at radius 1 is 1.27 bits per heavy atom. The Morgan fingerprint density at radius 2 is 1.93 bits per heavy atom. The number of alkyl halides is 3. The zero-order chi connectivity index (χ0) is 11.5. The SMILES string of the molecule is CCCOc1cc(O)cc(C(F)(F)F)c1. The molecule has 1 aromatic carbocycles. The van der Waals surface area contributed by atoms with Gasteiger partial charge in [0.2, 0.25) is 0 Å². The summed E-state index contributed by atoms with van der Waals surface area (Å²) >= 11 is 0. The maximum atomic E-state index is 12.3. The molecule has 1 aromatic rings. The van der Waals surface area contributed by atoms with Crippen molar-refractivity contribution in [2.45, 2.75) is 19.5 Å². The lowest BCUT2D eigenvalue weighted by molar-refractivity contribution is -0.137. The van der Waals surface area contributed by atoms with Gasteiger partial charge < -0.3 is 9.84 Å². The number of benzene rings is 1. The van der Waals surface area contributed by atoms with Crippen LogP contribution >= 0.6 is 0 Å². The number of aromatic hydroxyl groups is 1. The molecular weight excluding hydrogens is 209 g/mol. The molecule has 0 atom stereocenters. The van der Waals surface area contributed by atoms with Gasteiger partial charge in [0.25, 0.3) is 0 Å². The van der Waals surface area contributed by atoms with E-state index < -0.39 is 17.5 Å². The highest BCUT2D eigenvalue weighted by Crippen LogP contribution is 2.34. The second kappa shape index (κ2) is 4.42. The minimum atomic E-state index is -4.47. The Bertz CT molecular complexity index is 334. The molecule has 0 unspecified atom stereocenters. The van der Waals surface area contributed by atoms with E-state index in [0.717, 1.165) is 12.1 Å². The Morgan fingerprint density at radius 3 is 2.47 bits per heavy atom. The van der Waals surface area contributed by atoms with E-state index in [4.69, 9.17) is 9.84 Å². The average molecular weight is 220 g/mol. The predicted octanol–water partition coefficient (Wildman–Crippen LogP) is 3.20. The summed E-state index contributed by atoms with van der Waals surface area (Å²) in [6, 6.07) is 2.69. The molecule has 0 radical (unpaired) electrons. The Kier molecular flexibility index (Phi) is 3.44. The van der Waals surface area contributed by atoms with Crippen molar-refractivity contribution in [2.24, 2.45) is 0 Å². The molecule has 84 valence electrons. The van der Waals surface area contributed by atoms with Gasteiger partial charge in [0.1, 0.15) is 11.5 Å². The lowest BCUT2D eigenvalue weighted by Crippen LogP contribution is -2.05. The Labute approximate surface area is 85.3 Å². The normalized spacial score (nSPS) is 11.5. The number of ether oxygens (including phenoxy) is 1. The molecule has 1 N–H and O–H groups in total. The third-order valence-electron chi connectivity index (χ3n) is 1.69. The van der Waals surface area contributed by atoms with Gasteiger partial charge in [-0.25, -0.2) is 0 Å². The fourth-order valence-electron chi connectivity index (χ4n) is 1.05. The topological polar surface area (TPSA) is 29.5 Å². The fourth-order valence-corrected chi connectivity index (χ4v) is 1.05. The van der Waals surface area contributed by atoms with Crippen LogP contribution in [0.15, 0.2) is 18.2 Å². The molecule has 0 saturated heterocycles. The van der Waals surface area contributed by atoms with Crippen molar-refractivity contribution >= 4 is 0 Å². The lowest BCUT2D eigenvalue weighted by Gasteiger charge is -2.10. The Hall–Kier alpha value is -1.39. The minimum absolute atomic E-state index is 0.0316. The van der Waals surface area contributed by atoms with Crippen LogP contribution in [0.25, 0.3) is 0 Å². The molecule has 0 spiro atoms. The van der Waals surface area contributed by atoms with Crippen LogP contribution in [-0.4, -0.2) is 11.7 Å². The molecule has 0 amide bonds. The molecule has 2 nitrogen and oxygen atoms in total. The summed E-state index contributed by atoms with van der Waals surface area (Å²) in [6.07, 6.45) is -3.78. The molecule has 0 bridgehead atoms. The van der Waals surface area contributed by atoms with Crippen LogP contribution in [0, 0.1) is 0 Å². The highest BCUT2D eigenvalue weighted by Gasteiger charge is 2.31. The van der Waals surface area contributed by atoms with Crippen molar-refractivity contribution in [1.29, 1.82) is 0 Å². The number of rotatable bonds is 3. The predicted molar refractivity (Wildman–Crippen MR) is 48.9 cm³/mol. The molecule has 0 aromatic heterocycles. The smallest absolute Gasteiger partial charge is 0.416 e. The minimum Gasteiger partial charge on any atom is -0.508 e. The molecule has 0 saturated carbocycles. The van der Waals surface area contributed by atoms with Crippen molar-refractivity contribution in [2.75, 3.05) is 6.61 Å². The highest BCUT2D eigenvalue weighted by molar-refractivity contribution is 5.38. The largest absolute Gasteiger partial charge is 0.508 e. The fraction of sp³-hybridized carbons (Fsp3) is 0.400. The monoisotopic (exact) mass is 220 g/mol. The summed E-state index contributed by atoms with van der Waals surface area (Å²) in [5.74, 6) is -0.417. The summed E-state index contributed by atoms with van der Waals surface area (Å²) in [5.41, 5.74) is -0.909. The number of phenolic OH excluding ortho intramolecular Hbond substituents is 1. The molecule has 0 aliphatic rings. The van der Waals surface area contributed by atoms with E-state index in [9.17, 15) is 13.2 Å². The number of phenols is 1. The van der Waals surface area contributed by atoms with E-state index in [0.29, 0.717) is 19.1 Å². The van der Waals surface area contributed by atoms with Crippen LogP contribution in [0.1, 0.15) is 18.9 Å². The zero-order valence-electron chi connectivity index (χ0n) is 8.14. The second-order valence-electron chi connectivity index (χ2n) is 3.06. The van der Waals surface area contributed by atoms with Crippen molar-refractivity contribution < 1.29 is 23.0 Å². The molecule has 1 rings (SSSR count). The summed E-state index contributed by atoms with van der Waals surface area (Å²) in [7, 11) is 0. The first kappa shape index (κ1) is 11.7. The highest BCUT2D eigenvalue weighted by atomic mass is 19.4. The van der Waals surface area contributed by atoms with E-state index in [2.05, 4.69) is 0 Å². The van der Waals surface area contributed by atoms with E-state index in [1.807, 2.05) is 6.92 Å². The van der Waals surface area contributed by atoms with Gasteiger partial charge in [-0.1, -0.05) is 6.92 Å². The first-order chi connectivity index (χ1) is 6.93. The van der Waals surface area contributed by atoms with Crippen LogP contribution in [0.3, 0.4) is 0 Å². The van der Waals surface area contributed by atoms with Gasteiger partial charge in [0.05, 0.1) is 12.2 Å². The first-order valence-corrected chi connectivity index (χ1v) is 4.47. The van der Waals surface area contributed by atoms with Gasteiger partial charge in [-0.05, 0) is 18.6 Å². The van der Waals surface area contributed by atoms with E-state index >= 15 is 0 Å². The van der Waals surface area contributed by atoms with Gasteiger partial charge in [-0.2, -0.15) is 13.2 Å². The molecule has 15 heavy (non-hydrogen) atoms. The Balaban J connectivity index is 2.95. The van der Waals surface area contributed by atoms with Crippen molar-refractivity contribution in [3.05, 3.63) is 23.8 Å². The van der Waals surface area contributed by atoms with Crippen molar-refractivity contribution in [3.8, 4) is 11.5 Å². The molecule has 0 heterocycles. The molecule has 0 fully saturated rings. The summed E-state index contributed by atoms with van der Waals surface area (Å²) < 4.78 is 41.9. The van der Waals surface area contributed by atoms with Crippen LogP contribution in [0.4, 0.5) is 13.2 Å². The lowest BCUT2D eigenvalue weighted by atomic mass is 10.2. The molecule has 0 aliphatic carbocycles. The van der Waals surface area contributed by atoms with Crippen molar-refractivity contribution in [3.63, 3.8) is 0 Å². The van der Waals surface area contributed by atoms with Crippen LogP contribution in [-0.2, 0) is 6.18 Å². The maximum absolute atomic E-state index is 12.3. The standard InChI is InChI=1S/C10H11F3O2/c1-2-3-15-9-5-7(10(11,12)13)4-8(14)6-9/h4-6,14H,2-3H2,1H3. The average Bonchev–Trinajstić information content (AvgIpc) is 2.12. The number of hydrogen-bond donors (Lipinski definition) is 1. The van der Waals surface area contributed by atoms with Crippen LogP contribution in [0.5, 0.6) is 11.5 Å². The molecule has 5 heteroatoms. The van der Waals surface area contributed by atoms with Gasteiger partial charge >= 0.3 is 6.18 Å². The van der Waals surface area contributed by atoms with E-state index in [-0.39, 0.29) is 5.75 Å². The molecule has 0 aliphatic heterocycles. The second-order valence-corrected chi connectivity index (χ2v) is 3.06. The van der Waals surface area contributed by atoms with Crippen molar-refractivity contribution in [1.82, 2.24) is 0 Å². The zero-order valence-corrected chi connectivity index (χ0v) is 8.14. The number of hydrogen-bond acceptors (Lipinski definition) is 2. The third kappa shape index (κ3) is 3.34. The van der Waals surface area contributed by atoms with Gasteiger partial charge in [-0.3, -0.25) is 0 Å². The summed E-state index contributed by atoms with van der Waals surface area (Å²) in [6.45, 7) is 2.16. The maximum Gasteiger partial charge on any atom is 0.416 e. The first-order valence-electron chi connectivity index (χ1n) is 4.47. The van der Waals surface area contributed by atoms with E-state index in [1.165, 1.54) is 0 Å². The summed E-state index contributed by atoms with van der Waals surface area (Å²) in [4.78, 5) is 0. The quantitative estimate of drug-likeness (QED) is 0.847. The van der Waals surface area contributed by atoms with Crippen LogP contribution in [0.2, 0.25) is 0 Å².